The van der Waals surface area contributed by atoms with Gasteiger partial charge in [-0.2, -0.15) is 5.26 Å². The van der Waals surface area contributed by atoms with Crippen molar-refractivity contribution in [3.8, 4) is 11.9 Å². The van der Waals surface area contributed by atoms with Gasteiger partial charge in [-0.15, -0.1) is 0 Å². The first-order chi connectivity index (χ1) is 11.3. The molecule has 0 radical (unpaired) electrons. The molecule has 118 valence electrons. The molecule has 5 heteroatoms. The van der Waals surface area contributed by atoms with Gasteiger partial charge in [0.05, 0.1) is 18.2 Å². The smallest absolute Gasteiger partial charge is 0.214 e. The van der Waals surface area contributed by atoms with Crippen molar-refractivity contribution in [3.63, 3.8) is 0 Å². The van der Waals surface area contributed by atoms with E-state index in [1.54, 1.807) is 18.3 Å². The van der Waals surface area contributed by atoms with Crippen molar-refractivity contribution in [3.05, 3.63) is 54.0 Å². The van der Waals surface area contributed by atoms with Gasteiger partial charge in [-0.3, -0.25) is 9.88 Å². The predicted molar refractivity (Wildman–Crippen MR) is 86.7 cm³/mol. The number of pyridine rings is 2. The second-order valence-electron chi connectivity index (χ2n) is 5.90. The summed E-state index contributed by atoms with van der Waals surface area (Å²) in [5, 5.41) is 8.91. The Balaban J connectivity index is 1.51. The molecule has 0 N–H and O–H groups in total. The Hall–Kier alpha value is -2.45. The number of ether oxygens (including phenoxy) is 1. The van der Waals surface area contributed by atoms with Gasteiger partial charge in [-0.1, -0.05) is 0 Å². The highest BCUT2D eigenvalue weighted by atomic mass is 16.5. The quantitative estimate of drug-likeness (QED) is 0.849. The minimum absolute atomic E-state index is 0.498. The summed E-state index contributed by atoms with van der Waals surface area (Å²) in [7, 11) is 0. The highest BCUT2D eigenvalue weighted by molar-refractivity contribution is 5.31. The number of aromatic nitrogens is 2. The second kappa shape index (κ2) is 7.70. The van der Waals surface area contributed by atoms with Crippen molar-refractivity contribution >= 4 is 0 Å². The molecule has 0 saturated carbocycles. The molecule has 0 spiro atoms. The van der Waals surface area contributed by atoms with E-state index in [0.29, 0.717) is 24.0 Å². The number of hydrogen-bond acceptors (Lipinski definition) is 5. The Morgan fingerprint density at radius 1 is 1.26 bits per heavy atom. The van der Waals surface area contributed by atoms with Crippen LogP contribution < -0.4 is 4.74 Å². The molecule has 0 amide bonds. The van der Waals surface area contributed by atoms with Crippen molar-refractivity contribution in [2.24, 2.45) is 5.92 Å². The zero-order valence-electron chi connectivity index (χ0n) is 13.1. The first kappa shape index (κ1) is 15.4. The van der Waals surface area contributed by atoms with E-state index in [9.17, 15) is 0 Å². The van der Waals surface area contributed by atoms with Crippen LogP contribution in [0.3, 0.4) is 0 Å². The number of likely N-dealkylation sites (tertiary alicyclic amines) is 1. The first-order valence-electron chi connectivity index (χ1n) is 7.93. The van der Waals surface area contributed by atoms with Crippen molar-refractivity contribution < 1.29 is 4.74 Å². The summed E-state index contributed by atoms with van der Waals surface area (Å²) in [5.41, 5.74) is 1.88. The summed E-state index contributed by atoms with van der Waals surface area (Å²) < 4.78 is 5.79. The predicted octanol–water partition coefficient (Wildman–Crippen LogP) is 2.64. The van der Waals surface area contributed by atoms with Crippen LogP contribution in [0.1, 0.15) is 24.0 Å². The Kier molecular flexibility index (Phi) is 5.17. The van der Waals surface area contributed by atoms with E-state index in [2.05, 4.69) is 33.1 Å². The molecule has 0 bridgehead atoms. The van der Waals surface area contributed by atoms with Crippen LogP contribution in [0, 0.1) is 17.2 Å². The van der Waals surface area contributed by atoms with Crippen LogP contribution in [0.25, 0.3) is 0 Å². The second-order valence-corrected chi connectivity index (χ2v) is 5.90. The molecule has 3 heterocycles. The maximum atomic E-state index is 8.91. The zero-order valence-corrected chi connectivity index (χ0v) is 13.1. The van der Waals surface area contributed by atoms with Gasteiger partial charge in [0.25, 0.3) is 0 Å². The number of nitriles is 1. The van der Waals surface area contributed by atoms with Crippen LogP contribution in [0.2, 0.25) is 0 Å². The number of nitrogens with zero attached hydrogens (tertiary/aromatic N) is 4. The molecule has 1 atom stereocenters. The lowest BCUT2D eigenvalue weighted by Crippen LogP contribution is -2.37. The Morgan fingerprint density at radius 2 is 2.13 bits per heavy atom. The topological polar surface area (TPSA) is 62.0 Å². The van der Waals surface area contributed by atoms with Gasteiger partial charge in [0.2, 0.25) is 5.88 Å². The lowest BCUT2D eigenvalue weighted by Gasteiger charge is -2.32. The first-order valence-corrected chi connectivity index (χ1v) is 7.93. The standard InChI is InChI=1S/C18H20N4O/c19-11-16-5-8-21-18(10-16)23-14-17-2-1-9-22(13-17)12-15-3-6-20-7-4-15/h3-8,10,17H,1-2,9,12-14H2. The van der Waals surface area contributed by atoms with Crippen molar-refractivity contribution in [1.29, 1.82) is 5.26 Å². The Labute approximate surface area is 136 Å². The van der Waals surface area contributed by atoms with E-state index in [0.717, 1.165) is 19.6 Å². The number of piperidine rings is 1. The minimum Gasteiger partial charge on any atom is -0.477 e. The van der Waals surface area contributed by atoms with Crippen LogP contribution in [0.4, 0.5) is 0 Å². The molecular weight excluding hydrogens is 288 g/mol. The average molecular weight is 308 g/mol. The molecule has 1 fully saturated rings. The van der Waals surface area contributed by atoms with Gasteiger partial charge in [0.15, 0.2) is 0 Å². The van der Waals surface area contributed by atoms with Gasteiger partial charge in [-0.05, 0) is 43.1 Å². The lowest BCUT2D eigenvalue weighted by molar-refractivity contribution is 0.123. The highest BCUT2D eigenvalue weighted by Crippen LogP contribution is 2.20. The largest absolute Gasteiger partial charge is 0.477 e. The minimum atomic E-state index is 0.498. The third kappa shape index (κ3) is 4.51. The van der Waals surface area contributed by atoms with Crippen LogP contribution in [0.15, 0.2) is 42.9 Å². The summed E-state index contributed by atoms with van der Waals surface area (Å²) >= 11 is 0. The summed E-state index contributed by atoms with van der Waals surface area (Å²) in [4.78, 5) is 10.7. The van der Waals surface area contributed by atoms with Gasteiger partial charge >= 0.3 is 0 Å². The molecule has 0 aromatic carbocycles. The normalized spacial score (nSPS) is 18.3. The van der Waals surface area contributed by atoms with E-state index < -0.39 is 0 Å². The Bertz CT molecular complexity index is 668. The van der Waals surface area contributed by atoms with E-state index in [1.807, 2.05) is 12.4 Å². The number of hydrogen-bond donors (Lipinski definition) is 0. The monoisotopic (exact) mass is 308 g/mol. The lowest BCUT2D eigenvalue weighted by atomic mass is 9.98. The Morgan fingerprint density at radius 3 is 2.96 bits per heavy atom. The highest BCUT2D eigenvalue weighted by Gasteiger charge is 2.20. The fourth-order valence-electron chi connectivity index (χ4n) is 2.94. The molecule has 0 aliphatic carbocycles. The third-order valence-corrected chi connectivity index (χ3v) is 4.09. The summed E-state index contributed by atoms with van der Waals surface area (Å²) in [5.74, 6) is 1.04. The number of rotatable bonds is 5. The molecule has 1 aliphatic heterocycles. The zero-order chi connectivity index (χ0) is 15.9. The van der Waals surface area contributed by atoms with Gasteiger partial charge in [0, 0.05) is 43.7 Å². The SMILES string of the molecule is N#Cc1ccnc(OCC2CCCN(Cc3ccncc3)C2)c1. The maximum absolute atomic E-state index is 8.91. The van der Waals surface area contributed by atoms with Crippen molar-refractivity contribution in [2.75, 3.05) is 19.7 Å². The average Bonchev–Trinajstić information content (AvgIpc) is 2.61. The molecular formula is C18H20N4O. The van der Waals surface area contributed by atoms with Gasteiger partial charge < -0.3 is 4.74 Å². The van der Waals surface area contributed by atoms with Gasteiger partial charge in [0.1, 0.15) is 0 Å². The summed E-state index contributed by atoms with van der Waals surface area (Å²) in [6.07, 6.45) is 7.65. The molecule has 5 nitrogen and oxygen atoms in total. The molecule has 2 aromatic rings. The third-order valence-electron chi connectivity index (χ3n) is 4.09. The molecule has 3 rings (SSSR count). The van der Waals surface area contributed by atoms with Crippen molar-refractivity contribution in [1.82, 2.24) is 14.9 Å². The summed E-state index contributed by atoms with van der Waals surface area (Å²) in [6, 6.07) is 9.62. The van der Waals surface area contributed by atoms with Crippen molar-refractivity contribution in [2.45, 2.75) is 19.4 Å². The van der Waals surface area contributed by atoms with E-state index >= 15 is 0 Å². The molecule has 1 unspecified atom stereocenters. The van der Waals surface area contributed by atoms with Gasteiger partial charge in [-0.25, -0.2) is 4.98 Å². The van der Waals surface area contributed by atoms with Crippen LogP contribution in [-0.2, 0) is 6.54 Å². The van der Waals surface area contributed by atoms with Crippen LogP contribution in [0.5, 0.6) is 5.88 Å². The van der Waals surface area contributed by atoms with E-state index in [-0.39, 0.29) is 0 Å². The maximum Gasteiger partial charge on any atom is 0.214 e. The fraction of sp³-hybridized carbons (Fsp3) is 0.389. The molecule has 1 saturated heterocycles. The summed E-state index contributed by atoms with van der Waals surface area (Å²) in [6.45, 7) is 3.76. The fourth-order valence-corrected chi connectivity index (χ4v) is 2.94. The van der Waals surface area contributed by atoms with Crippen LogP contribution in [-0.4, -0.2) is 34.6 Å². The molecule has 2 aromatic heterocycles. The molecule has 1 aliphatic rings. The van der Waals surface area contributed by atoms with E-state index in [1.165, 1.54) is 18.4 Å². The van der Waals surface area contributed by atoms with Crippen LogP contribution >= 0.6 is 0 Å². The molecule has 23 heavy (non-hydrogen) atoms. The van der Waals surface area contributed by atoms with E-state index in [4.69, 9.17) is 10.00 Å².